The maximum atomic E-state index is 13.2. The number of nitrogens with two attached hydrogens (primary N) is 2. The average molecular weight is 813 g/mol. The van der Waals surface area contributed by atoms with Gasteiger partial charge in [0.1, 0.15) is 6.10 Å². The molecule has 0 aromatic heterocycles. The molecule has 0 aromatic rings. The van der Waals surface area contributed by atoms with Crippen LogP contribution in [0.15, 0.2) is 11.6 Å². The molecular weight excluding hydrogens is 725 g/mol. The van der Waals surface area contributed by atoms with E-state index >= 15 is 0 Å². The third-order valence-corrected chi connectivity index (χ3v) is 15.6. The van der Waals surface area contributed by atoms with Crippen LogP contribution >= 0.6 is 24.8 Å². The predicted octanol–water partition coefficient (Wildman–Crippen LogP) is 11.8. The van der Waals surface area contributed by atoms with Crippen molar-refractivity contribution in [1.29, 1.82) is 0 Å². The molecule has 0 spiro atoms. The number of nitrogens with zero attached hydrogens (tertiary/aromatic N) is 1. The summed E-state index contributed by atoms with van der Waals surface area (Å²) in [5.74, 6) is 5.84. The number of esters is 1. The van der Waals surface area contributed by atoms with Crippen LogP contribution in [0.4, 0.5) is 0 Å². The standard InChI is InChI=1S/C47H85N3O3.2ClH/c1-9-37(33(2)3)20-19-34(4)41-23-24-42-40-22-21-38-32-39(25-28-46(38,7)43(40)26-29-47(41,42)8)53-45(52)18-15-17-44(51)50(31-27-36(6)49)30-14-12-10-11-13-16-35(5)48;;/h21,33-37,39-43H,9-20,22-32,48-49H2,1-8H3;2*1H/t34?,35?,36?,37?,39-,40-,41+,42-,43-,46-,47+;;/m0../s1. The van der Waals surface area contributed by atoms with Crippen molar-refractivity contribution in [2.24, 2.45) is 63.7 Å². The van der Waals surface area contributed by atoms with Crippen LogP contribution in [-0.2, 0) is 14.3 Å². The van der Waals surface area contributed by atoms with Crippen LogP contribution < -0.4 is 11.5 Å². The summed E-state index contributed by atoms with van der Waals surface area (Å²) >= 11 is 0. The molecule has 0 saturated heterocycles. The highest BCUT2D eigenvalue weighted by Gasteiger charge is 2.59. The molecule has 4 aliphatic carbocycles. The molecule has 55 heavy (non-hydrogen) atoms. The first-order chi connectivity index (χ1) is 25.2. The molecule has 4 rings (SSSR count). The van der Waals surface area contributed by atoms with Crippen LogP contribution in [-0.4, -0.2) is 48.1 Å². The Labute approximate surface area is 351 Å². The minimum atomic E-state index is -0.132. The van der Waals surface area contributed by atoms with E-state index in [9.17, 15) is 9.59 Å². The second kappa shape index (κ2) is 23.7. The van der Waals surface area contributed by atoms with Crippen LogP contribution in [0, 0.1) is 52.3 Å². The summed E-state index contributed by atoms with van der Waals surface area (Å²) in [6.07, 6.45) is 25.4. The smallest absolute Gasteiger partial charge is 0.306 e. The monoisotopic (exact) mass is 812 g/mol. The molecular formula is C47H87Cl2N3O3. The third kappa shape index (κ3) is 13.6. The van der Waals surface area contributed by atoms with E-state index in [1.165, 1.54) is 70.6 Å². The Kier molecular flexibility index (Phi) is 21.7. The van der Waals surface area contributed by atoms with Gasteiger partial charge in [0, 0.05) is 44.4 Å². The van der Waals surface area contributed by atoms with Crippen molar-refractivity contribution in [3.8, 4) is 0 Å². The molecule has 11 atom stereocenters. The van der Waals surface area contributed by atoms with Crippen molar-refractivity contribution in [2.75, 3.05) is 13.1 Å². The van der Waals surface area contributed by atoms with Crippen molar-refractivity contribution >= 4 is 36.7 Å². The molecule has 4 N–H and O–H groups in total. The fraction of sp³-hybridized carbons (Fsp3) is 0.915. The summed E-state index contributed by atoms with van der Waals surface area (Å²) in [4.78, 5) is 28.3. The number of fused-ring (bicyclic) bond motifs is 5. The number of hydrogen-bond acceptors (Lipinski definition) is 5. The minimum Gasteiger partial charge on any atom is -0.462 e. The number of rotatable bonds is 22. The normalized spacial score (nSPS) is 30.7. The number of carbonyl (C=O) groups is 2. The number of halogens is 2. The summed E-state index contributed by atoms with van der Waals surface area (Å²) < 4.78 is 6.13. The van der Waals surface area contributed by atoms with E-state index in [2.05, 4.69) is 54.5 Å². The lowest BCUT2D eigenvalue weighted by Crippen LogP contribution is -2.51. The summed E-state index contributed by atoms with van der Waals surface area (Å²) in [5, 5.41) is 0. The average Bonchev–Trinajstić information content (AvgIpc) is 3.46. The third-order valence-electron chi connectivity index (χ3n) is 15.6. The Morgan fingerprint density at radius 1 is 0.800 bits per heavy atom. The number of allylic oxidation sites excluding steroid dienone is 1. The molecule has 1 amide bonds. The largest absolute Gasteiger partial charge is 0.462 e. The van der Waals surface area contributed by atoms with Crippen LogP contribution in [0.3, 0.4) is 0 Å². The molecule has 0 heterocycles. The Morgan fingerprint density at radius 2 is 1.49 bits per heavy atom. The molecule has 4 aliphatic rings. The Hall–Kier alpha value is -0.820. The van der Waals surface area contributed by atoms with Crippen LogP contribution in [0.25, 0.3) is 0 Å². The van der Waals surface area contributed by atoms with Gasteiger partial charge >= 0.3 is 5.97 Å². The molecule has 0 radical (unpaired) electrons. The summed E-state index contributed by atoms with van der Waals surface area (Å²) in [6.45, 7) is 20.6. The highest BCUT2D eigenvalue weighted by atomic mass is 35.5. The van der Waals surface area contributed by atoms with E-state index in [1.807, 2.05) is 11.8 Å². The highest BCUT2D eigenvalue weighted by Crippen LogP contribution is 2.67. The summed E-state index contributed by atoms with van der Waals surface area (Å²) in [7, 11) is 0. The second-order valence-electron chi connectivity index (χ2n) is 19.8. The summed E-state index contributed by atoms with van der Waals surface area (Å²) in [6, 6.07) is 0.349. The highest BCUT2D eigenvalue weighted by molar-refractivity contribution is 5.85. The Bertz CT molecular complexity index is 1180. The minimum absolute atomic E-state index is 0. The fourth-order valence-corrected chi connectivity index (χ4v) is 12.2. The van der Waals surface area contributed by atoms with E-state index in [0.29, 0.717) is 31.2 Å². The van der Waals surface area contributed by atoms with Gasteiger partial charge in [0.05, 0.1) is 0 Å². The van der Waals surface area contributed by atoms with Gasteiger partial charge in [0.2, 0.25) is 5.91 Å². The van der Waals surface area contributed by atoms with E-state index in [-0.39, 0.29) is 60.3 Å². The van der Waals surface area contributed by atoms with Gasteiger partial charge in [0.25, 0.3) is 0 Å². The molecule has 6 nitrogen and oxygen atoms in total. The zero-order valence-corrected chi connectivity index (χ0v) is 38.4. The topological polar surface area (TPSA) is 98.7 Å². The first-order valence-electron chi connectivity index (χ1n) is 22.9. The van der Waals surface area contributed by atoms with Gasteiger partial charge in [-0.1, -0.05) is 91.7 Å². The number of ether oxygens (including phenoxy) is 1. The maximum Gasteiger partial charge on any atom is 0.306 e. The van der Waals surface area contributed by atoms with Crippen molar-refractivity contribution < 1.29 is 14.3 Å². The number of carbonyl (C=O) groups excluding carboxylic acids is 2. The van der Waals surface area contributed by atoms with Crippen LogP contribution in [0.1, 0.15) is 190 Å². The predicted molar refractivity (Wildman–Crippen MR) is 237 cm³/mol. The van der Waals surface area contributed by atoms with Gasteiger partial charge < -0.3 is 21.1 Å². The van der Waals surface area contributed by atoms with Gasteiger partial charge in [-0.15, -0.1) is 24.8 Å². The van der Waals surface area contributed by atoms with Crippen molar-refractivity contribution in [1.82, 2.24) is 4.90 Å². The molecule has 0 aliphatic heterocycles. The number of hydrogen-bond donors (Lipinski definition) is 2. The lowest BCUT2D eigenvalue weighted by atomic mass is 9.47. The van der Waals surface area contributed by atoms with Gasteiger partial charge in [-0.2, -0.15) is 0 Å². The Morgan fingerprint density at radius 3 is 2.16 bits per heavy atom. The molecule has 8 heteroatoms. The van der Waals surface area contributed by atoms with E-state index < -0.39 is 0 Å². The first-order valence-corrected chi connectivity index (χ1v) is 22.9. The number of unbranched alkanes of at least 4 members (excludes halogenated alkanes) is 4. The van der Waals surface area contributed by atoms with Gasteiger partial charge in [-0.25, -0.2) is 0 Å². The van der Waals surface area contributed by atoms with Gasteiger partial charge in [-0.05, 0) is 143 Å². The molecule has 3 fully saturated rings. The van der Waals surface area contributed by atoms with Gasteiger partial charge in [0.15, 0.2) is 0 Å². The van der Waals surface area contributed by atoms with Crippen LogP contribution in [0.5, 0.6) is 0 Å². The maximum absolute atomic E-state index is 13.2. The SMILES string of the molecule is CCC(CCC(C)[C@H]1CC[C@H]2[C@@H]3CC=C4C[C@@H](OC(=O)CCCC(=O)N(CCCCCCCC(C)N)CCC(C)N)CC[C@]4(C)[C@H]3CC[C@]12C)C(C)C.Cl.Cl. The molecule has 3 saturated carbocycles. The second-order valence-corrected chi connectivity index (χ2v) is 19.8. The van der Waals surface area contributed by atoms with E-state index in [4.69, 9.17) is 16.2 Å². The first kappa shape index (κ1) is 50.3. The van der Waals surface area contributed by atoms with Gasteiger partial charge in [-0.3, -0.25) is 9.59 Å². The van der Waals surface area contributed by atoms with Crippen molar-refractivity contribution in [3.63, 3.8) is 0 Å². The summed E-state index contributed by atoms with van der Waals surface area (Å²) in [5.41, 5.74) is 14.2. The zero-order chi connectivity index (χ0) is 38.8. The number of amides is 1. The fourth-order valence-electron chi connectivity index (χ4n) is 12.2. The molecule has 4 unspecified atom stereocenters. The Balaban J connectivity index is 0.00000523. The van der Waals surface area contributed by atoms with Crippen molar-refractivity contribution in [2.45, 2.75) is 208 Å². The van der Waals surface area contributed by atoms with Crippen molar-refractivity contribution in [3.05, 3.63) is 11.6 Å². The van der Waals surface area contributed by atoms with E-state index in [0.717, 1.165) is 92.9 Å². The van der Waals surface area contributed by atoms with E-state index in [1.54, 1.807) is 5.57 Å². The van der Waals surface area contributed by atoms with Crippen LogP contribution in [0.2, 0.25) is 0 Å². The lowest BCUT2D eigenvalue weighted by Gasteiger charge is -2.58. The lowest BCUT2D eigenvalue weighted by molar-refractivity contribution is -0.151. The molecule has 0 bridgehead atoms. The quantitative estimate of drug-likeness (QED) is 0.0644. The zero-order valence-electron chi connectivity index (χ0n) is 36.8. The molecule has 0 aromatic carbocycles. The molecule has 322 valence electrons.